The molecule has 1 aromatic carbocycles. The summed E-state index contributed by atoms with van der Waals surface area (Å²) in [6.45, 7) is 5.08. The molecule has 14 heavy (non-hydrogen) atoms. The van der Waals surface area contributed by atoms with Gasteiger partial charge in [-0.05, 0) is 31.0 Å². The number of rotatable bonds is 4. The third-order valence-electron chi connectivity index (χ3n) is 2.01. The number of hydrogen-bond donors (Lipinski definition) is 2. The van der Waals surface area contributed by atoms with Crippen LogP contribution in [0, 0.1) is 6.92 Å². The van der Waals surface area contributed by atoms with Crippen LogP contribution < -0.4 is 5.32 Å². The van der Waals surface area contributed by atoms with Crippen LogP contribution in [0.5, 0.6) is 0 Å². The lowest BCUT2D eigenvalue weighted by Crippen LogP contribution is -2.23. The molecule has 0 fully saturated rings. The predicted octanol–water partition coefficient (Wildman–Crippen LogP) is 2.12. The minimum Gasteiger partial charge on any atom is -0.392 e. The van der Waals surface area contributed by atoms with Crippen molar-refractivity contribution in [2.75, 3.05) is 6.54 Å². The van der Waals surface area contributed by atoms with Crippen LogP contribution in [0.2, 0.25) is 5.02 Å². The van der Waals surface area contributed by atoms with E-state index in [1.807, 2.05) is 25.1 Å². The Morgan fingerprint density at radius 1 is 1.50 bits per heavy atom. The fraction of sp³-hybridized carbons (Fsp3) is 0.455. The van der Waals surface area contributed by atoms with Gasteiger partial charge in [0.2, 0.25) is 0 Å². The molecule has 1 rings (SSSR count). The maximum atomic E-state index is 9.04. The van der Waals surface area contributed by atoms with Crippen molar-refractivity contribution in [2.45, 2.75) is 26.5 Å². The van der Waals surface area contributed by atoms with Crippen LogP contribution in [0.15, 0.2) is 18.2 Å². The molecule has 0 aliphatic rings. The molecular formula is C11H16ClNO. The zero-order valence-corrected chi connectivity index (χ0v) is 9.30. The van der Waals surface area contributed by atoms with Crippen molar-refractivity contribution in [2.24, 2.45) is 0 Å². The Kier molecular flexibility index (Phi) is 4.39. The highest BCUT2D eigenvalue weighted by Crippen LogP contribution is 2.16. The molecule has 1 unspecified atom stereocenters. The highest BCUT2D eigenvalue weighted by atomic mass is 35.5. The molecule has 0 amide bonds. The average Bonchev–Trinajstić information content (AvgIpc) is 2.10. The smallest absolute Gasteiger partial charge is 0.0636 e. The Balaban J connectivity index is 2.47. The summed E-state index contributed by atoms with van der Waals surface area (Å²) in [5, 5.41) is 13.0. The van der Waals surface area contributed by atoms with Gasteiger partial charge in [0.25, 0.3) is 0 Å². The van der Waals surface area contributed by atoms with Gasteiger partial charge in [0, 0.05) is 18.1 Å². The van der Waals surface area contributed by atoms with E-state index in [4.69, 9.17) is 16.7 Å². The van der Waals surface area contributed by atoms with Crippen molar-refractivity contribution in [3.05, 3.63) is 34.3 Å². The fourth-order valence-corrected chi connectivity index (χ4v) is 1.37. The van der Waals surface area contributed by atoms with E-state index in [1.54, 1.807) is 6.92 Å². The van der Waals surface area contributed by atoms with Crippen molar-refractivity contribution < 1.29 is 5.11 Å². The number of aliphatic hydroxyl groups excluding tert-OH is 1. The molecule has 0 aliphatic carbocycles. The summed E-state index contributed by atoms with van der Waals surface area (Å²) in [5.74, 6) is 0. The molecule has 2 nitrogen and oxygen atoms in total. The van der Waals surface area contributed by atoms with Gasteiger partial charge in [-0.3, -0.25) is 0 Å². The molecule has 2 N–H and O–H groups in total. The van der Waals surface area contributed by atoms with E-state index in [2.05, 4.69) is 5.32 Å². The van der Waals surface area contributed by atoms with Gasteiger partial charge in [-0.2, -0.15) is 0 Å². The minimum absolute atomic E-state index is 0.309. The quantitative estimate of drug-likeness (QED) is 0.803. The Labute approximate surface area is 89.9 Å². The molecule has 0 bridgehead atoms. The highest BCUT2D eigenvalue weighted by molar-refractivity contribution is 6.31. The molecular weight excluding hydrogens is 198 g/mol. The van der Waals surface area contributed by atoms with Crippen LogP contribution in [-0.2, 0) is 6.54 Å². The molecule has 0 saturated carbocycles. The number of halogens is 1. The fourth-order valence-electron chi connectivity index (χ4n) is 1.17. The Bertz CT molecular complexity index is 299. The summed E-state index contributed by atoms with van der Waals surface area (Å²) in [6.07, 6.45) is -0.309. The second-order valence-electron chi connectivity index (χ2n) is 3.56. The SMILES string of the molecule is Cc1ccc(CNCC(C)O)cc1Cl. The summed E-state index contributed by atoms with van der Waals surface area (Å²) < 4.78 is 0. The molecule has 0 aliphatic heterocycles. The number of hydrogen-bond acceptors (Lipinski definition) is 2. The maximum Gasteiger partial charge on any atom is 0.0636 e. The molecule has 78 valence electrons. The van der Waals surface area contributed by atoms with Crippen LogP contribution in [0.4, 0.5) is 0 Å². The standard InChI is InChI=1S/C11H16ClNO/c1-8-3-4-10(5-11(8)12)7-13-6-9(2)14/h3-5,9,13-14H,6-7H2,1-2H3. The zero-order valence-electron chi connectivity index (χ0n) is 8.55. The van der Waals surface area contributed by atoms with Crippen molar-refractivity contribution in [1.29, 1.82) is 0 Å². The third kappa shape index (κ3) is 3.66. The van der Waals surface area contributed by atoms with E-state index in [9.17, 15) is 0 Å². The summed E-state index contributed by atoms with van der Waals surface area (Å²) in [5.41, 5.74) is 2.23. The van der Waals surface area contributed by atoms with Crippen LogP contribution >= 0.6 is 11.6 Å². The van der Waals surface area contributed by atoms with Gasteiger partial charge in [0.15, 0.2) is 0 Å². The summed E-state index contributed by atoms with van der Waals surface area (Å²) in [4.78, 5) is 0. The van der Waals surface area contributed by atoms with E-state index in [1.165, 1.54) is 0 Å². The average molecular weight is 214 g/mol. The summed E-state index contributed by atoms with van der Waals surface area (Å²) in [6, 6.07) is 5.99. The van der Waals surface area contributed by atoms with Gasteiger partial charge in [-0.1, -0.05) is 23.7 Å². The van der Waals surface area contributed by atoms with Gasteiger partial charge < -0.3 is 10.4 Å². The van der Waals surface area contributed by atoms with Crippen LogP contribution in [-0.4, -0.2) is 17.8 Å². The number of aryl methyl sites for hydroxylation is 1. The Morgan fingerprint density at radius 3 is 2.79 bits per heavy atom. The largest absolute Gasteiger partial charge is 0.392 e. The molecule has 0 heterocycles. The molecule has 0 spiro atoms. The predicted molar refractivity (Wildman–Crippen MR) is 59.6 cm³/mol. The first kappa shape index (κ1) is 11.5. The van der Waals surface area contributed by atoms with E-state index in [0.29, 0.717) is 6.54 Å². The first-order valence-corrected chi connectivity index (χ1v) is 5.11. The van der Waals surface area contributed by atoms with E-state index >= 15 is 0 Å². The number of benzene rings is 1. The summed E-state index contributed by atoms with van der Waals surface area (Å²) >= 11 is 5.98. The molecule has 0 aromatic heterocycles. The molecule has 1 atom stereocenters. The topological polar surface area (TPSA) is 32.3 Å². The lowest BCUT2D eigenvalue weighted by Gasteiger charge is -2.07. The Morgan fingerprint density at radius 2 is 2.21 bits per heavy atom. The van der Waals surface area contributed by atoms with E-state index in [-0.39, 0.29) is 6.10 Å². The van der Waals surface area contributed by atoms with Crippen LogP contribution in [0.3, 0.4) is 0 Å². The zero-order chi connectivity index (χ0) is 10.6. The first-order chi connectivity index (χ1) is 6.59. The molecule has 0 saturated heterocycles. The molecule has 0 radical (unpaired) electrons. The van der Waals surface area contributed by atoms with Crippen molar-refractivity contribution in [3.63, 3.8) is 0 Å². The van der Waals surface area contributed by atoms with Crippen molar-refractivity contribution in [3.8, 4) is 0 Å². The summed E-state index contributed by atoms with van der Waals surface area (Å²) in [7, 11) is 0. The van der Waals surface area contributed by atoms with Crippen molar-refractivity contribution in [1.82, 2.24) is 5.32 Å². The molecule has 1 aromatic rings. The first-order valence-electron chi connectivity index (χ1n) is 4.73. The second-order valence-corrected chi connectivity index (χ2v) is 3.97. The van der Waals surface area contributed by atoms with Gasteiger partial charge in [-0.25, -0.2) is 0 Å². The lowest BCUT2D eigenvalue weighted by molar-refractivity contribution is 0.191. The van der Waals surface area contributed by atoms with Gasteiger partial charge in [0.1, 0.15) is 0 Å². The minimum atomic E-state index is -0.309. The van der Waals surface area contributed by atoms with Crippen molar-refractivity contribution >= 4 is 11.6 Å². The number of aliphatic hydroxyl groups is 1. The second kappa shape index (κ2) is 5.35. The van der Waals surface area contributed by atoms with Gasteiger partial charge >= 0.3 is 0 Å². The van der Waals surface area contributed by atoms with Crippen LogP contribution in [0.25, 0.3) is 0 Å². The normalized spacial score (nSPS) is 12.9. The Hall–Kier alpha value is -0.570. The van der Waals surface area contributed by atoms with Crippen LogP contribution in [0.1, 0.15) is 18.1 Å². The van der Waals surface area contributed by atoms with E-state index < -0.39 is 0 Å². The highest BCUT2D eigenvalue weighted by Gasteiger charge is 1.98. The van der Waals surface area contributed by atoms with E-state index in [0.717, 1.165) is 22.7 Å². The third-order valence-corrected chi connectivity index (χ3v) is 2.41. The number of nitrogens with one attached hydrogen (secondary N) is 1. The molecule has 3 heteroatoms. The maximum absolute atomic E-state index is 9.04. The monoisotopic (exact) mass is 213 g/mol. The van der Waals surface area contributed by atoms with Gasteiger partial charge in [-0.15, -0.1) is 0 Å². The lowest BCUT2D eigenvalue weighted by atomic mass is 10.1. The van der Waals surface area contributed by atoms with Gasteiger partial charge in [0.05, 0.1) is 6.10 Å².